The number of aliphatic hydroxyl groups excluding tert-OH is 1. The van der Waals surface area contributed by atoms with Crippen LogP contribution in [-0.2, 0) is 0 Å². The minimum Gasteiger partial charge on any atom is -0.395 e. The van der Waals surface area contributed by atoms with Crippen molar-refractivity contribution >= 4 is 17.6 Å². The van der Waals surface area contributed by atoms with Crippen LogP contribution in [0.5, 0.6) is 0 Å². The molecule has 0 aliphatic heterocycles. The summed E-state index contributed by atoms with van der Waals surface area (Å²) in [6, 6.07) is 6.29. The van der Waals surface area contributed by atoms with Crippen molar-refractivity contribution in [3.63, 3.8) is 0 Å². The van der Waals surface area contributed by atoms with Crippen LogP contribution in [0.4, 0.5) is 10.5 Å². The predicted molar refractivity (Wildman–Crippen MR) is 68.6 cm³/mol. The van der Waals surface area contributed by atoms with E-state index in [4.69, 9.17) is 5.11 Å². The molecule has 0 aromatic heterocycles. The number of aliphatic hydroxyl groups is 1. The Morgan fingerprint density at radius 3 is 2.33 bits per heavy atom. The number of carbonyl (C=O) groups is 2. The molecule has 6 heteroatoms. The van der Waals surface area contributed by atoms with Crippen molar-refractivity contribution in [1.82, 2.24) is 10.2 Å². The average molecular weight is 251 g/mol. The molecule has 0 saturated heterocycles. The smallest absolute Gasteiger partial charge is 0.321 e. The monoisotopic (exact) mass is 251 g/mol. The number of benzene rings is 1. The van der Waals surface area contributed by atoms with E-state index >= 15 is 0 Å². The number of rotatable bonds is 4. The lowest BCUT2D eigenvalue weighted by atomic mass is 10.2. The van der Waals surface area contributed by atoms with Crippen molar-refractivity contribution in [3.8, 4) is 0 Å². The van der Waals surface area contributed by atoms with Gasteiger partial charge in [-0.1, -0.05) is 0 Å². The van der Waals surface area contributed by atoms with Crippen molar-refractivity contribution in [3.05, 3.63) is 29.8 Å². The van der Waals surface area contributed by atoms with Crippen molar-refractivity contribution in [2.24, 2.45) is 0 Å². The highest BCUT2D eigenvalue weighted by Crippen LogP contribution is 2.09. The van der Waals surface area contributed by atoms with E-state index < -0.39 is 0 Å². The third-order valence-electron chi connectivity index (χ3n) is 2.20. The first-order valence-corrected chi connectivity index (χ1v) is 5.52. The number of amides is 3. The van der Waals surface area contributed by atoms with Crippen LogP contribution in [0, 0.1) is 0 Å². The van der Waals surface area contributed by atoms with Gasteiger partial charge in [0.25, 0.3) is 5.91 Å². The second-order valence-electron chi connectivity index (χ2n) is 3.88. The molecular weight excluding hydrogens is 234 g/mol. The molecule has 1 aromatic carbocycles. The number of carbonyl (C=O) groups excluding carboxylic acids is 2. The molecule has 0 saturated carbocycles. The van der Waals surface area contributed by atoms with Crippen molar-refractivity contribution in [2.45, 2.75) is 0 Å². The number of nitrogens with one attached hydrogen (secondary N) is 2. The van der Waals surface area contributed by atoms with Gasteiger partial charge in [-0.05, 0) is 24.3 Å². The van der Waals surface area contributed by atoms with Crippen LogP contribution in [0.3, 0.4) is 0 Å². The van der Waals surface area contributed by atoms with Gasteiger partial charge in [0.15, 0.2) is 0 Å². The summed E-state index contributed by atoms with van der Waals surface area (Å²) in [7, 11) is 3.29. The average Bonchev–Trinajstić information content (AvgIpc) is 2.36. The number of anilines is 1. The fourth-order valence-electron chi connectivity index (χ4n) is 1.21. The molecule has 0 aliphatic rings. The highest BCUT2D eigenvalue weighted by molar-refractivity contribution is 5.95. The SMILES string of the molecule is CN(C)C(=O)Nc1ccc(C(=O)NCCO)cc1. The second kappa shape index (κ2) is 6.61. The summed E-state index contributed by atoms with van der Waals surface area (Å²) < 4.78 is 0. The summed E-state index contributed by atoms with van der Waals surface area (Å²) in [6.45, 7) is 0.126. The minimum absolute atomic E-state index is 0.0945. The zero-order chi connectivity index (χ0) is 13.5. The number of hydrogen-bond donors (Lipinski definition) is 3. The Bertz CT molecular complexity index is 415. The van der Waals surface area contributed by atoms with Crippen LogP contribution < -0.4 is 10.6 Å². The maximum absolute atomic E-state index is 11.5. The first kappa shape index (κ1) is 14.0. The van der Waals surface area contributed by atoms with Crippen molar-refractivity contribution < 1.29 is 14.7 Å². The zero-order valence-corrected chi connectivity index (χ0v) is 10.4. The molecule has 0 fully saturated rings. The number of hydrogen-bond acceptors (Lipinski definition) is 3. The summed E-state index contributed by atoms with van der Waals surface area (Å²) in [5.41, 5.74) is 1.10. The van der Waals surface area contributed by atoms with Crippen LogP contribution in [0.25, 0.3) is 0 Å². The van der Waals surface area contributed by atoms with Crippen LogP contribution >= 0.6 is 0 Å². The van der Waals surface area contributed by atoms with Crippen molar-refractivity contribution in [1.29, 1.82) is 0 Å². The van der Waals surface area contributed by atoms with Crippen LogP contribution in [0.15, 0.2) is 24.3 Å². The Labute approximate surface area is 106 Å². The molecule has 3 N–H and O–H groups in total. The molecule has 0 spiro atoms. The normalized spacial score (nSPS) is 9.72. The molecule has 0 atom stereocenters. The van der Waals surface area contributed by atoms with E-state index in [2.05, 4.69) is 10.6 Å². The van der Waals surface area contributed by atoms with Gasteiger partial charge < -0.3 is 20.6 Å². The Hall–Kier alpha value is -2.08. The quantitative estimate of drug-likeness (QED) is 0.729. The van der Waals surface area contributed by atoms with Gasteiger partial charge in [0.2, 0.25) is 0 Å². The first-order chi connectivity index (χ1) is 8.54. The summed E-state index contributed by atoms with van der Waals surface area (Å²) in [5, 5.41) is 13.8. The van der Waals surface area contributed by atoms with E-state index in [1.807, 2.05) is 0 Å². The standard InChI is InChI=1S/C12H17N3O3/c1-15(2)12(18)14-10-5-3-9(4-6-10)11(17)13-7-8-16/h3-6,16H,7-8H2,1-2H3,(H,13,17)(H,14,18). The Balaban J connectivity index is 2.62. The predicted octanol–water partition coefficient (Wildman–Crippen LogP) is 0.502. The Morgan fingerprint density at radius 2 is 1.83 bits per heavy atom. The molecule has 3 amide bonds. The highest BCUT2D eigenvalue weighted by Gasteiger charge is 2.06. The molecule has 0 aliphatic carbocycles. The van der Waals surface area contributed by atoms with Gasteiger partial charge in [0.05, 0.1) is 6.61 Å². The molecule has 18 heavy (non-hydrogen) atoms. The molecule has 1 aromatic rings. The van der Waals surface area contributed by atoms with Crippen LogP contribution in [-0.4, -0.2) is 49.2 Å². The molecule has 0 heterocycles. The minimum atomic E-state index is -0.255. The first-order valence-electron chi connectivity index (χ1n) is 5.52. The van der Waals surface area contributed by atoms with Gasteiger partial charge in [-0.3, -0.25) is 4.79 Å². The summed E-state index contributed by atoms with van der Waals surface area (Å²) in [4.78, 5) is 24.3. The van der Waals surface area contributed by atoms with Crippen molar-refractivity contribution in [2.75, 3.05) is 32.6 Å². The van der Waals surface area contributed by atoms with Gasteiger partial charge in [-0.2, -0.15) is 0 Å². The fourth-order valence-corrected chi connectivity index (χ4v) is 1.21. The largest absolute Gasteiger partial charge is 0.395 e. The summed E-state index contributed by atoms with van der Waals surface area (Å²) in [5.74, 6) is -0.255. The number of urea groups is 1. The fraction of sp³-hybridized carbons (Fsp3) is 0.333. The molecular formula is C12H17N3O3. The highest BCUT2D eigenvalue weighted by atomic mass is 16.3. The topological polar surface area (TPSA) is 81.7 Å². The van der Waals surface area contributed by atoms with E-state index in [9.17, 15) is 9.59 Å². The van der Waals surface area contributed by atoms with Crippen LogP contribution in [0.1, 0.15) is 10.4 Å². The van der Waals surface area contributed by atoms with Gasteiger partial charge in [-0.25, -0.2) is 4.79 Å². The molecule has 6 nitrogen and oxygen atoms in total. The maximum Gasteiger partial charge on any atom is 0.321 e. The lowest BCUT2D eigenvalue weighted by molar-refractivity contribution is 0.0945. The third kappa shape index (κ3) is 4.06. The molecule has 0 unspecified atom stereocenters. The molecule has 0 radical (unpaired) electrons. The summed E-state index contributed by atoms with van der Waals surface area (Å²) in [6.07, 6.45) is 0. The third-order valence-corrected chi connectivity index (χ3v) is 2.20. The number of nitrogens with zero attached hydrogens (tertiary/aromatic N) is 1. The zero-order valence-electron chi connectivity index (χ0n) is 10.4. The van der Waals surface area contributed by atoms with Crippen LogP contribution in [0.2, 0.25) is 0 Å². The van der Waals surface area contributed by atoms with E-state index in [0.29, 0.717) is 11.3 Å². The van der Waals surface area contributed by atoms with E-state index in [1.165, 1.54) is 4.90 Å². The van der Waals surface area contributed by atoms with Gasteiger partial charge >= 0.3 is 6.03 Å². The van der Waals surface area contributed by atoms with Gasteiger partial charge in [-0.15, -0.1) is 0 Å². The lowest BCUT2D eigenvalue weighted by Crippen LogP contribution is -2.27. The lowest BCUT2D eigenvalue weighted by Gasteiger charge is -2.12. The van der Waals surface area contributed by atoms with E-state index in [-0.39, 0.29) is 25.1 Å². The van der Waals surface area contributed by atoms with Gasteiger partial charge in [0.1, 0.15) is 0 Å². The Kier molecular flexibility index (Phi) is 5.13. The van der Waals surface area contributed by atoms with E-state index in [0.717, 1.165) is 0 Å². The molecule has 0 bridgehead atoms. The summed E-state index contributed by atoms with van der Waals surface area (Å²) >= 11 is 0. The molecule has 98 valence electrons. The second-order valence-corrected chi connectivity index (χ2v) is 3.88. The van der Waals surface area contributed by atoms with Gasteiger partial charge in [0, 0.05) is 31.9 Å². The maximum atomic E-state index is 11.5. The Morgan fingerprint density at radius 1 is 1.22 bits per heavy atom. The molecule has 1 rings (SSSR count). The van der Waals surface area contributed by atoms with E-state index in [1.54, 1.807) is 38.4 Å².